The van der Waals surface area contributed by atoms with Gasteiger partial charge in [0.25, 0.3) is 0 Å². The number of hydrogen-bond donors (Lipinski definition) is 1. The molecule has 0 saturated heterocycles. The lowest BCUT2D eigenvalue weighted by molar-refractivity contribution is -0.138. The maximum atomic E-state index is 12.9. The Labute approximate surface area is 184 Å². The van der Waals surface area contributed by atoms with Crippen molar-refractivity contribution in [2.45, 2.75) is 25.3 Å². The quantitative estimate of drug-likeness (QED) is 0.601. The summed E-state index contributed by atoms with van der Waals surface area (Å²) in [5.74, 6) is 0.584. The number of thioether (sulfide) groups is 1. The topological polar surface area (TPSA) is 49.4 Å². The fourth-order valence-electron chi connectivity index (χ4n) is 2.55. The van der Waals surface area contributed by atoms with Crippen LogP contribution in [0.2, 0.25) is 15.1 Å². The van der Waals surface area contributed by atoms with Gasteiger partial charge in [0.05, 0.1) is 15.8 Å². The van der Waals surface area contributed by atoms with Gasteiger partial charge in [0.15, 0.2) is 0 Å². The molecule has 4 nitrogen and oxygen atoms in total. The summed E-state index contributed by atoms with van der Waals surface area (Å²) in [5.41, 5.74) is 1.89. The highest BCUT2D eigenvalue weighted by molar-refractivity contribution is 7.99. The molecular formula is C20H21Cl3N2O2S. The van der Waals surface area contributed by atoms with Crippen molar-refractivity contribution in [1.82, 2.24) is 10.2 Å². The summed E-state index contributed by atoms with van der Waals surface area (Å²) in [6, 6.07) is 12.1. The van der Waals surface area contributed by atoms with Gasteiger partial charge in [0, 0.05) is 24.4 Å². The molecule has 150 valence electrons. The lowest BCUT2D eigenvalue weighted by Crippen LogP contribution is -2.47. The Morgan fingerprint density at radius 2 is 1.68 bits per heavy atom. The number of benzene rings is 2. The van der Waals surface area contributed by atoms with E-state index in [0.717, 1.165) is 11.1 Å². The molecule has 0 fully saturated rings. The standard InChI is InChI=1S/C20H21Cl3N2O2S/c1-13(20(27)24-2)25(10-15-5-8-17(22)18(23)9-15)19(26)12-28-11-14-3-6-16(21)7-4-14/h3-9,13H,10-12H2,1-2H3,(H,24,27). The average molecular weight is 460 g/mol. The van der Waals surface area contributed by atoms with Gasteiger partial charge in [-0.15, -0.1) is 11.8 Å². The van der Waals surface area contributed by atoms with E-state index in [2.05, 4.69) is 5.32 Å². The number of rotatable bonds is 8. The highest BCUT2D eigenvalue weighted by Crippen LogP contribution is 2.24. The zero-order valence-corrected chi connectivity index (χ0v) is 18.6. The van der Waals surface area contributed by atoms with Crippen LogP contribution in [-0.2, 0) is 21.9 Å². The van der Waals surface area contributed by atoms with Gasteiger partial charge < -0.3 is 10.2 Å². The van der Waals surface area contributed by atoms with Gasteiger partial charge >= 0.3 is 0 Å². The molecule has 0 saturated carbocycles. The van der Waals surface area contributed by atoms with Gasteiger partial charge in [-0.1, -0.05) is 53.0 Å². The molecule has 0 aliphatic carbocycles. The number of amides is 2. The molecule has 0 radical (unpaired) electrons. The van der Waals surface area contributed by atoms with Crippen molar-refractivity contribution in [2.24, 2.45) is 0 Å². The third kappa shape index (κ3) is 6.59. The summed E-state index contributed by atoms with van der Waals surface area (Å²) in [5, 5.41) is 4.13. The molecule has 28 heavy (non-hydrogen) atoms. The minimum Gasteiger partial charge on any atom is -0.357 e. The maximum absolute atomic E-state index is 12.9. The van der Waals surface area contributed by atoms with Gasteiger partial charge in [-0.05, 0) is 42.3 Å². The van der Waals surface area contributed by atoms with Crippen LogP contribution in [0.15, 0.2) is 42.5 Å². The summed E-state index contributed by atoms with van der Waals surface area (Å²) < 4.78 is 0. The number of halogens is 3. The first-order chi connectivity index (χ1) is 13.3. The van der Waals surface area contributed by atoms with E-state index in [-0.39, 0.29) is 24.1 Å². The van der Waals surface area contributed by atoms with Crippen molar-refractivity contribution in [1.29, 1.82) is 0 Å². The Morgan fingerprint density at radius 3 is 2.29 bits per heavy atom. The van der Waals surface area contributed by atoms with Crippen LogP contribution in [0.4, 0.5) is 0 Å². The van der Waals surface area contributed by atoms with Crippen molar-refractivity contribution >= 4 is 58.4 Å². The molecule has 0 aliphatic heterocycles. The first-order valence-corrected chi connectivity index (χ1v) is 10.9. The predicted molar refractivity (Wildman–Crippen MR) is 118 cm³/mol. The molecule has 1 unspecified atom stereocenters. The van der Waals surface area contributed by atoms with E-state index in [4.69, 9.17) is 34.8 Å². The van der Waals surface area contributed by atoms with E-state index in [9.17, 15) is 9.59 Å². The van der Waals surface area contributed by atoms with E-state index >= 15 is 0 Å². The third-order valence-electron chi connectivity index (χ3n) is 4.16. The fraction of sp³-hybridized carbons (Fsp3) is 0.300. The second-order valence-electron chi connectivity index (χ2n) is 6.18. The minimum atomic E-state index is -0.608. The Hall–Kier alpha value is -1.40. The van der Waals surface area contributed by atoms with Crippen molar-refractivity contribution in [2.75, 3.05) is 12.8 Å². The van der Waals surface area contributed by atoms with E-state index < -0.39 is 6.04 Å². The Bertz CT molecular complexity index is 831. The minimum absolute atomic E-state index is 0.124. The molecule has 0 aliphatic rings. The van der Waals surface area contributed by atoms with Gasteiger partial charge in [0.1, 0.15) is 6.04 Å². The predicted octanol–water partition coefficient (Wildman–Crippen LogP) is 5.04. The highest BCUT2D eigenvalue weighted by atomic mass is 35.5. The number of hydrogen-bond acceptors (Lipinski definition) is 3. The maximum Gasteiger partial charge on any atom is 0.242 e. The van der Waals surface area contributed by atoms with Crippen LogP contribution in [0.5, 0.6) is 0 Å². The van der Waals surface area contributed by atoms with E-state index in [1.54, 1.807) is 37.1 Å². The second-order valence-corrected chi connectivity index (χ2v) is 8.42. The number of carbonyl (C=O) groups is 2. The largest absolute Gasteiger partial charge is 0.357 e. The fourth-order valence-corrected chi connectivity index (χ4v) is 3.86. The second kappa shape index (κ2) is 11.0. The van der Waals surface area contributed by atoms with Crippen LogP contribution < -0.4 is 5.32 Å². The Morgan fingerprint density at radius 1 is 1.04 bits per heavy atom. The summed E-state index contributed by atoms with van der Waals surface area (Å²) in [7, 11) is 1.55. The van der Waals surface area contributed by atoms with Crippen molar-refractivity contribution in [3.05, 3.63) is 68.7 Å². The van der Waals surface area contributed by atoms with Gasteiger partial charge in [-0.3, -0.25) is 9.59 Å². The SMILES string of the molecule is CNC(=O)C(C)N(Cc1ccc(Cl)c(Cl)c1)C(=O)CSCc1ccc(Cl)cc1. The van der Waals surface area contributed by atoms with Crippen LogP contribution in [0.3, 0.4) is 0 Å². The molecule has 0 aromatic heterocycles. The van der Waals surface area contributed by atoms with E-state index in [1.165, 1.54) is 11.8 Å². The number of nitrogens with zero attached hydrogens (tertiary/aromatic N) is 1. The molecule has 2 aromatic rings. The molecule has 2 aromatic carbocycles. The molecule has 2 rings (SSSR count). The first-order valence-electron chi connectivity index (χ1n) is 8.59. The van der Waals surface area contributed by atoms with Gasteiger partial charge in [0.2, 0.25) is 11.8 Å². The van der Waals surface area contributed by atoms with Crippen molar-refractivity contribution in [3.8, 4) is 0 Å². The van der Waals surface area contributed by atoms with Crippen LogP contribution in [0.1, 0.15) is 18.1 Å². The molecule has 0 bridgehead atoms. The summed E-state index contributed by atoms with van der Waals surface area (Å²) in [4.78, 5) is 26.5. The monoisotopic (exact) mass is 458 g/mol. The lowest BCUT2D eigenvalue weighted by atomic mass is 10.1. The lowest BCUT2D eigenvalue weighted by Gasteiger charge is -2.28. The molecule has 2 amide bonds. The third-order valence-corrected chi connectivity index (χ3v) is 6.14. The van der Waals surface area contributed by atoms with Crippen molar-refractivity contribution in [3.63, 3.8) is 0 Å². The summed E-state index contributed by atoms with van der Waals surface area (Å²) in [6.07, 6.45) is 0. The number of carbonyl (C=O) groups excluding carboxylic acids is 2. The van der Waals surface area contributed by atoms with Crippen LogP contribution in [0.25, 0.3) is 0 Å². The number of likely N-dealkylation sites (N-methyl/N-ethyl adjacent to an activating group) is 1. The Kier molecular flexibility index (Phi) is 8.96. The first kappa shape index (κ1) is 22.9. The van der Waals surface area contributed by atoms with Crippen molar-refractivity contribution < 1.29 is 9.59 Å². The smallest absolute Gasteiger partial charge is 0.242 e. The van der Waals surface area contributed by atoms with E-state index in [1.807, 2.05) is 24.3 Å². The van der Waals surface area contributed by atoms with Gasteiger partial charge in [-0.25, -0.2) is 0 Å². The van der Waals surface area contributed by atoms with Crippen LogP contribution in [0, 0.1) is 0 Å². The normalized spacial score (nSPS) is 11.8. The molecule has 0 heterocycles. The average Bonchev–Trinajstić information content (AvgIpc) is 2.69. The molecular weight excluding hydrogens is 439 g/mol. The van der Waals surface area contributed by atoms with E-state index in [0.29, 0.717) is 20.8 Å². The van der Waals surface area contributed by atoms with Crippen LogP contribution >= 0.6 is 46.6 Å². The zero-order chi connectivity index (χ0) is 20.7. The molecule has 8 heteroatoms. The highest BCUT2D eigenvalue weighted by Gasteiger charge is 2.25. The van der Waals surface area contributed by atoms with Gasteiger partial charge in [-0.2, -0.15) is 0 Å². The van der Waals surface area contributed by atoms with Crippen LogP contribution in [-0.4, -0.2) is 35.6 Å². The Balaban J connectivity index is 2.06. The molecule has 1 atom stereocenters. The summed E-state index contributed by atoms with van der Waals surface area (Å²) in [6.45, 7) is 1.98. The summed E-state index contributed by atoms with van der Waals surface area (Å²) >= 11 is 19.4. The molecule has 1 N–H and O–H groups in total. The zero-order valence-electron chi connectivity index (χ0n) is 15.5. The number of nitrogens with one attached hydrogen (secondary N) is 1. The molecule has 0 spiro atoms.